The molecule has 1 heterocycles. The summed E-state index contributed by atoms with van der Waals surface area (Å²) in [4.78, 5) is 24.9. The fourth-order valence-corrected chi connectivity index (χ4v) is 3.00. The first-order valence-corrected chi connectivity index (χ1v) is 6.80. The number of carboxylic acids is 1. The maximum Gasteiger partial charge on any atom is 0.329 e. The van der Waals surface area contributed by atoms with Gasteiger partial charge in [-0.3, -0.25) is 9.69 Å². The van der Waals surface area contributed by atoms with Gasteiger partial charge in [0.05, 0.1) is 4.91 Å². The SMILES string of the molecule is CN(C)N[C@H]1S/C(=C/C(=O)O)C(=O)N1c1ccccc1. The number of thioether (sulfide) groups is 1. The van der Waals surface area contributed by atoms with Crippen LogP contribution in [-0.4, -0.2) is 41.6 Å². The Bertz CT molecular complexity index is 545. The third-order valence-corrected chi connectivity index (χ3v) is 3.65. The van der Waals surface area contributed by atoms with Gasteiger partial charge in [0.15, 0.2) is 5.50 Å². The van der Waals surface area contributed by atoms with E-state index in [-0.39, 0.29) is 16.3 Å². The highest BCUT2D eigenvalue weighted by Gasteiger charge is 2.37. The van der Waals surface area contributed by atoms with E-state index in [1.165, 1.54) is 11.8 Å². The van der Waals surface area contributed by atoms with E-state index < -0.39 is 5.97 Å². The number of nitrogens with zero attached hydrogens (tertiary/aromatic N) is 2. The second kappa shape index (κ2) is 6.08. The lowest BCUT2D eigenvalue weighted by atomic mass is 10.3. The normalized spacial score (nSPS) is 20.9. The highest BCUT2D eigenvalue weighted by molar-refractivity contribution is 8.05. The van der Waals surface area contributed by atoms with Crippen molar-refractivity contribution in [2.45, 2.75) is 5.50 Å². The van der Waals surface area contributed by atoms with E-state index >= 15 is 0 Å². The molecule has 20 heavy (non-hydrogen) atoms. The summed E-state index contributed by atoms with van der Waals surface area (Å²) in [6.45, 7) is 0. The molecular weight excluding hydrogens is 278 g/mol. The Labute approximate surface area is 121 Å². The Kier molecular flexibility index (Phi) is 4.43. The van der Waals surface area contributed by atoms with Crippen molar-refractivity contribution < 1.29 is 14.7 Å². The number of hydrazine groups is 1. The van der Waals surface area contributed by atoms with E-state index in [1.54, 1.807) is 9.91 Å². The molecule has 0 radical (unpaired) electrons. The molecule has 1 aliphatic heterocycles. The molecule has 0 unspecified atom stereocenters. The molecule has 0 spiro atoms. The first kappa shape index (κ1) is 14.6. The van der Waals surface area contributed by atoms with Gasteiger partial charge in [-0.25, -0.2) is 15.2 Å². The number of aliphatic carboxylic acids is 1. The Morgan fingerprint density at radius 1 is 1.40 bits per heavy atom. The van der Waals surface area contributed by atoms with Crippen LogP contribution in [0.5, 0.6) is 0 Å². The highest BCUT2D eigenvalue weighted by atomic mass is 32.2. The molecule has 106 valence electrons. The summed E-state index contributed by atoms with van der Waals surface area (Å²) in [6, 6.07) is 9.15. The van der Waals surface area contributed by atoms with Crippen molar-refractivity contribution in [2.75, 3.05) is 19.0 Å². The van der Waals surface area contributed by atoms with Crippen LogP contribution in [0.15, 0.2) is 41.3 Å². The smallest absolute Gasteiger partial charge is 0.329 e. The predicted octanol–water partition coefficient (Wildman–Crippen LogP) is 1.08. The third kappa shape index (κ3) is 3.19. The Morgan fingerprint density at radius 2 is 2.05 bits per heavy atom. The maximum atomic E-state index is 12.3. The molecule has 0 bridgehead atoms. The molecule has 1 aromatic rings. The lowest BCUT2D eigenvalue weighted by Crippen LogP contribution is -2.47. The van der Waals surface area contributed by atoms with Gasteiger partial charge < -0.3 is 5.11 Å². The molecule has 1 amide bonds. The van der Waals surface area contributed by atoms with Gasteiger partial charge in [-0.2, -0.15) is 0 Å². The minimum Gasteiger partial charge on any atom is -0.478 e. The van der Waals surface area contributed by atoms with Crippen molar-refractivity contribution in [2.24, 2.45) is 0 Å². The number of anilines is 1. The Balaban J connectivity index is 2.34. The van der Waals surface area contributed by atoms with Crippen LogP contribution in [0.4, 0.5) is 5.69 Å². The molecule has 0 aromatic heterocycles. The highest BCUT2D eigenvalue weighted by Crippen LogP contribution is 2.36. The summed E-state index contributed by atoms with van der Waals surface area (Å²) in [6.07, 6.45) is 0.945. The maximum absolute atomic E-state index is 12.3. The first-order valence-electron chi connectivity index (χ1n) is 5.92. The van der Waals surface area contributed by atoms with Crippen molar-refractivity contribution in [3.63, 3.8) is 0 Å². The molecule has 1 aromatic carbocycles. The first-order chi connectivity index (χ1) is 9.49. The molecule has 6 nitrogen and oxygen atoms in total. The number of rotatable bonds is 4. The summed E-state index contributed by atoms with van der Waals surface area (Å²) >= 11 is 1.18. The van der Waals surface area contributed by atoms with Gasteiger partial charge >= 0.3 is 5.97 Å². The number of carboxylic acid groups (broad SMARTS) is 1. The predicted molar refractivity (Wildman–Crippen MR) is 77.8 cm³/mol. The number of hydrogen-bond acceptors (Lipinski definition) is 5. The van der Waals surface area contributed by atoms with E-state index in [9.17, 15) is 9.59 Å². The van der Waals surface area contributed by atoms with Gasteiger partial charge in [-0.05, 0) is 12.1 Å². The van der Waals surface area contributed by atoms with E-state index in [2.05, 4.69) is 5.43 Å². The molecule has 0 saturated carbocycles. The Morgan fingerprint density at radius 3 is 2.60 bits per heavy atom. The van der Waals surface area contributed by atoms with Crippen LogP contribution in [0.1, 0.15) is 0 Å². The number of carbonyl (C=O) groups is 2. The number of carbonyl (C=O) groups excluding carboxylic acids is 1. The molecule has 0 aliphatic carbocycles. The van der Waals surface area contributed by atoms with E-state index in [4.69, 9.17) is 5.11 Å². The quantitative estimate of drug-likeness (QED) is 0.639. The third-order valence-electron chi connectivity index (χ3n) is 2.56. The molecule has 2 rings (SSSR count). The molecule has 1 atom stereocenters. The average Bonchev–Trinajstić information content (AvgIpc) is 2.65. The number of amides is 1. The summed E-state index contributed by atoms with van der Waals surface area (Å²) in [5.41, 5.74) is 3.44. The van der Waals surface area contributed by atoms with Crippen LogP contribution >= 0.6 is 11.8 Å². The lowest BCUT2D eigenvalue weighted by Gasteiger charge is -2.26. The van der Waals surface area contributed by atoms with Crippen molar-refractivity contribution in [3.8, 4) is 0 Å². The van der Waals surface area contributed by atoms with Crippen LogP contribution in [0.3, 0.4) is 0 Å². The molecular formula is C13H15N3O3S. The van der Waals surface area contributed by atoms with Crippen LogP contribution < -0.4 is 10.3 Å². The fourth-order valence-electron chi connectivity index (χ4n) is 1.80. The second-order valence-electron chi connectivity index (χ2n) is 4.35. The zero-order chi connectivity index (χ0) is 14.7. The molecule has 1 fully saturated rings. The molecule has 1 aliphatic rings. The average molecular weight is 293 g/mol. The number of hydrogen-bond donors (Lipinski definition) is 2. The molecule has 2 N–H and O–H groups in total. The summed E-state index contributed by atoms with van der Waals surface area (Å²) in [5, 5.41) is 10.6. The molecule has 1 saturated heterocycles. The van der Waals surface area contributed by atoms with Gasteiger partial charge in [0.2, 0.25) is 0 Å². The van der Waals surface area contributed by atoms with Gasteiger partial charge in [0, 0.05) is 25.9 Å². The largest absolute Gasteiger partial charge is 0.478 e. The second-order valence-corrected chi connectivity index (χ2v) is 5.47. The van der Waals surface area contributed by atoms with Crippen molar-refractivity contribution in [3.05, 3.63) is 41.3 Å². The van der Waals surface area contributed by atoms with E-state index in [1.807, 2.05) is 44.4 Å². The summed E-state index contributed by atoms with van der Waals surface area (Å²) < 4.78 is 0. The molecule has 7 heteroatoms. The van der Waals surface area contributed by atoms with Crippen LogP contribution in [0.25, 0.3) is 0 Å². The minimum absolute atomic E-state index is 0.209. The number of benzene rings is 1. The van der Waals surface area contributed by atoms with Gasteiger partial charge in [0.25, 0.3) is 5.91 Å². The Hall–Kier alpha value is -1.83. The summed E-state index contributed by atoms with van der Waals surface area (Å²) in [5.74, 6) is -1.44. The zero-order valence-corrected chi connectivity index (χ0v) is 11.9. The standard InChI is InChI=1S/C13H15N3O3S/c1-15(2)14-13-16(9-6-4-3-5-7-9)12(19)10(20-13)8-11(17)18/h3-8,13-14H,1-2H3,(H,17,18)/b10-8+/t13-/m1/s1. The fraction of sp³-hybridized carbons (Fsp3) is 0.231. The minimum atomic E-state index is -1.13. The zero-order valence-electron chi connectivity index (χ0n) is 11.1. The van der Waals surface area contributed by atoms with Gasteiger partial charge in [-0.15, -0.1) is 0 Å². The van der Waals surface area contributed by atoms with Gasteiger partial charge in [-0.1, -0.05) is 30.0 Å². The topological polar surface area (TPSA) is 72.9 Å². The van der Waals surface area contributed by atoms with Crippen LogP contribution in [0, 0.1) is 0 Å². The van der Waals surface area contributed by atoms with E-state index in [0.29, 0.717) is 0 Å². The van der Waals surface area contributed by atoms with Crippen LogP contribution in [0.2, 0.25) is 0 Å². The van der Waals surface area contributed by atoms with Crippen molar-refractivity contribution in [1.29, 1.82) is 0 Å². The monoisotopic (exact) mass is 293 g/mol. The number of nitrogens with one attached hydrogen (secondary N) is 1. The van der Waals surface area contributed by atoms with Crippen molar-refractivity contribution in [1.82, 2.24) is 10.4 Å². The van der Waals surface area contributed by atoms with Crippen LogP contribution in [-0.2, 0) is 9.59 Å². The lowest BCUT2D eigenvalue weighted by molar-refractivity contribution is -0.131. The van der Waals surface area contributed by atoms with E-state index in [0.717, 1.165) is 11.8 Å². The van der Waals surface area contributed by atoms with Gasteiger partial charge in [0.1, 0.15) is 0 Å². The number of para-hydroxylation sites is 1. The summed E-state index contributed by atoms with van der Waals surface area (Å²) in [7, 11) is 3.63. The van der Waals surface area contributed by atoms with Crippen molar-refractivity contribution >= 4 is 29.3 Å².